The van der Waals surface area contributed by atoms with Gasteiger partial charge in [-0.1, -0.05) is 29.5 Å². The van der Waals surface area contributed by atoms with Gasteiger partial charge >= 0.3 is 15.1 Å². The van der Waals surface area contributed by atoms with Crippen molar-refractivity contribution in [3.05, 3.63) is 56.7 Å². The smallest absolute Gasteiger partial charge is 0.396 e. The predicted octanol–water partition coefficient (Wildman–Crippen LogP) is 3.38. The summed E-state index contributed by atoms with van der Waals surface area (Å²) < 4.78 is 35.3. The molecular formula is C13H7BrO5S2. The maximum atomic E-state index is 12.2. The molecule has 0 atom stereocenters. The molecule has 2 aromatic carbocycles. The first-order valence-electron chi connectivity index (χ1n) is 5.68. The van der Waals surface area contributed by atoms with Gasteiger partial charge in [0.15, 0.2) is 11.3 Å². The van der Waals surface area contributed by atoms with Gasteiger partial charge in [-0.2, -0.15) is 8.42 Å². The molecule has 0 aliphatic heterocycles. The van der Waals surface area contributed by atoms with Gasteiger partial charge in [-0.05, 0) is 28.1 Å². The number of fused-ring (bicyclic) bond motifs is 1. The van der Waals surface area contributed by atoms with Crippen molar-refractivity contribution in [2.45, 2.75) is 4.90 Å². The van der Waals surface area contributed by atoms with Gasteiger partial charge in [-0.15, -0.1) is 0 Å². The summed E-state index contributed by atoms with van der Waals surface area (Å²) in [5.74, 6) is 0.100. The summed E-state index contributed by atoms with van der Waals surface area (Å²) in [4.78, 5) is 10.8. The largest absolute Gasteiger partial charge is 0.414 e. The van der Waals surface area contributed by atoms with E-state index in [1.165, 1.54) is 24.3 Å². The minimum absolute atomic E-state index is 0.0531. The molecule has 0 amide bonds. The van der Waals surface area contributed by atoms with Crippen molar-refractivity contribution in [1.82, 2.24) is 0 Å². The highest BCUT2D eigenvalue weighted by atomic mass is 79.9. The number of rotatable bonds is 3. The third-order valence-electron chi connectivity index (χ3n) is 2.62. The zero-order valence-electron chi connectivity index (χ0n) is 10.3. The topological polar surface area (TPSA) is 73.6 Å². The Bertz CT molecular complexity index is 957. The molecule has 1 heterocycles. The molecule has 0 aliphatic carbocycles. The molecule has 0 saturated carbocycles. The molecule has 0 radical (unpaired) electrons. The van der Waals surface area contributed by atoms with E-state index in [9.17, 15) is 13.2 Å². The van der Waals surface area contributed by atoms with Crippen molar-refractivity contribution in [2.24, 2.45) is 0 Å². The first-order valence-corrected chi connectivity index (χ1v) is 8.70. The van der Waals surface area contributed by atoms with Crippen LogP contribution in [0.3, 0.4) is 0 Å². The molecule has 5 nitrogen and oxygen atoms in total. The first kappa shape index (κ1) is 14.3. The molecule has 8 heteroatoms. The Labute approximate surface area is 132 Å². The standard InChI is InChI=1S/C13H7BrO5S2/c14-9-6-11-12(20-13(15)18-11)7-10(9)19-21(16,17)8-4-2-1-3-5-8/h1-7H. The highest BCUT2D eigenvalue weighted by molar-refractivity contribution is 9.10. The molecule has 0 unspecified atom stereocenters. The van der Waals surface area contributed by atoms with Crippen molar-refractivity contribution in [1.29, 1.82) is 0 Å². The lowest BCUT2D eigenvalue weighted by molar-refractivity contribution is 0.484. The van der Waals surface area contributed by atoms with Crippen LogP contribution in [0.15, 0.2) is 61.0 Å². The van der Waals surface area contributed by atoms with Gasteiger partial charge in [-0.25, -0.2) is 4.79 Å². The molecule has 0 aliphatic rings. The van der Waals surface area contributed by atoms with E-state index in [0.29, 0.717) is 14.8 Å². The van der Waals surface area contributed by atoms with Crippen LogP contribution >= 0.6 is 27.3 Å². The molecule has 0 fully saturated rings. The molecule has 108 valence electrons. The quantitative estimate of drug-likeness (QED) is 0.645. The molecule has 3 rings (SSSR count). The molecule has 21 heavy (non-hydrogen) atoms. The molecule has 0 bridgehead atoms. The van der Waals surface area contributed by atoms with Gasteiger partial charge in [0.2, 0.25) is 0 Å². The SMILES string of the molecule is O=c1oc2cc(Br)c(OS(=O)(=O)c3ccccc3)cc2s1. The van der Waals surface area contributed by atoms with E-state index in [0.717, 1.165) is 11.3 Å². The van der Waals surface area contributed by atoms with E-state index in [-0.39, 0.29) is 10.6 Å². The van der Waals surface area contributed by atoms with E-state index >= 15 is 0 Å². The minimum Gasteiger partial charge on any atom is -0.414 e. The Hall–Kier alpha value is -1.64. The Kier molecular flexibility index (Phi) is 3.60. The van der Waals surface area contributed by atoms with Crippen molar-refractivity contribution >= 4 is 47.7 Å². The van der Waals surface area contributed by atoms with Gasteiger partial charge in [0.05, 0.1) is 9.17 Å². The maximum absolute atomic E-state index is 12.2. The van der Waals surface area contributed by atoms with Crippen LogP contribution in [0.25, 0.3) is 10.3 Å². The highest BCUT2D eigenvalue weighted by Crippen LogP contribution is 2.33. The normalized spacial score (nSPS) is 11.7. The number of hydrogen-bond donors (Lipinski definition) is 0. The van der Waals surface area contributed by atoms with Crippen LogP contribution < -0.4 is 9.12 Å². The molecular weight excluding hydrogens is 380 g/mol. The van der Waals surface area contributed by atoms with Crippen molar-refractivity contribution < 1.29 is 17.0 Å². The Morgan fingerprint density at radius 1 is 1.14 bits per heavy atom. The average molecular weight is 387 g/mol. The van der Waals surface area contributed by atoms with E-state index in [1.54, 1.807) is 18.2 Å². The average Bonchev–Trinajstić information content (AvgIpc) is 2.79. The summed E-state index contributed by atoms with van der Waals surface area (Å²) in [6.45, 7) is 0. The van der Waals surface area contributed by atoms with Gasteiger partial charge in [0, 0.05) is 12.1 Å². The maximum Gasteiger partial charge on any atom is 0.396 e. The third kappa shape index (κ3) is 2.87. The third-order valence-corrected chi connectivity index (χ3v) is 5.27. The van der Waals surface area contributed by atoms with E-state index in [2.05, 4.69) is 15.9 Å². The van der Waals surface area contributed by atoms with Crippen LogP contribution in [0.4, 0.5) is 0 Å². The highest BCUT2D eigenvalue weighted by Gasteiger charge is 2.19. The summed E-state index contributed by atoms with van der Waals surface area (Å²) in [6.07, 6.45) is 0. The zero-order chi connectivity index (χ0) is 15.0. The molecule has 0 N–H and O–H groups in total. The lowest BCUT2D eigenvalue weighted by Gasteiger charge is -2.08. The van der Waals surface area contributed by atoms with Gasteiger partial charge in [-0.3, -0.25) is 0 Å². The second kappa shape index (κ2) is 5.28. The number of hydrogen-bond acceptors (Lipinski definition) is 6. The lowest BCUT2D eigenvalue weighted by Crippen LogP contribution is -2.09. The van der Waals surface area contributed by atoms with E-state index in [4.69, 9.17) is 8.60 Å². The minimum atomic E-state index is -3.93. The van der Waals surface area contributed by atoms with Crippen molar-refractivity contribution in [3.63, 3.8) is 0 Å². The molecule has 3 aromatic rings. The van der Waals surface area contributed by atoms with Gasteiger partial charge in [0.1, 0.15) is 4.90 Å². The summed E-state index contributed by atoms with van der Waals surface area (Å²) >= 11 is 4.08. The van der Waals surface area contributed by atoms with Gasteiger partial charge in [0.25, 0.3) is 0 Å². The van der Waals surface area contributed by atoms with Crippen molar-refractivity contribution in [2.75, 3.05) is 0 Å². The fourth-order valence-electron chi connectivity index (χ4n) is 1.69. The summed E-state index contributed by atoms with van der Waals surface area (Å²) in [6, 6.07) is 10.8. The second-order valence-electron chi connectivity index (χ2n) is 4.03. The fraction of sp³-hybridized carbons (Fsp3) is 0. The Morgan fingerprint density at radius 2 is 1.86 bits per heavy atom. The Morgan fingerprint density at radius 3 is 2.57 bits per heavy atom. The number of benzene rings is 2. The second-order valence-corrected chi connectivity index (χ2v) is 7.41. The van der Waals surface area contributed by atoms with Gasteiger partial charge < -0.3 is 8.60 Å². The molecule has 0 spiro atoms. The Balaban J connectivity index is 2.05. The van der Waals surface area contributed by atoms with Crippen LogP contribution in [0.1, 0.15) is 0 Å². The lowest BCUT2D eigenvalue weighted by atomic mass is 10.3. The summed E-state index contributed by atoms with van der Waals surface area (Å²) in [5.41, 5.74) is 0.376. The fourth-order valence-corrected chi connectivity index (χ4v) is 3.84. The van der Waals surface area contributed by atoms with E-state index in [1.807, 2.05) is 0 Å². The summed E-state index contributed by atoms with van der Waals surface area (Å²) in [7, 11) is -3.93. The number of halogens is 1. The van der Waals surface area contributed by atoms with E-state index < -0.39 is 15.1 Å². The monoisotopic (exact) mass is 386 g/mol. The van der Waals surface area contributed by atoms with Crippen LogP contribution in [0.5, 0.6) is 5.75 Å². The molecule has 0 saturated heterocycles. The summed E-state index contributed by atoms with van der Waals surface area (Å²) in [5, 5.41) is 0. The first-order chi connectivity index (χ1) is 9.95. The van der Waals surface area contributed by atoms with Crippen molar-refractivity contribution in [3.8, 4) is 5.75 Å². The van der Waals surface area contributed by atoms with Crippen LogP contribution in [-0.4, -0.2) is 8.42 Å². The van der Waals surface area contributed by atoms with Crippen LogP contribution in [0.2, 0.25) is 0 Å². The predicted molar refractivity (Wildman–Crippen MR) is 82.3 cm³/mol. The van der Waals surface area contributed by atoms with Crippen LogP contribution in [-0.2, 0) is 10.1 Å². The van der Waals surface area contributed by atoms with Crippen LogP contribution in [0, 0.1) is 0 Å². The zero-order valence-corrected chi connectivity index (χ0v) is 13.5. The molecule has 1 aromatic heterocycles.